The topological polar surface area (TPSA) is 71.3 Å². The van der Waals surface area contributed by atoms with Crippen molar-refractivity contribution in [1.82, 2.24) is 10.6 Å². The third kappa shape index (κ3) is 4.36. The van der Waals surface area contributed by atoms with Crippen molar-refractivity contribution in [2.24, 2.45) is 17.8 Å². The Labute approximate surface area is 138 Å². The first-order chi connectivity index (χ1) is 10.9. The molecule has 0 aromatic carbocycles. The van der Waals surface area contributed by atoms with E-state index < -0.39 is 6.04 Å². The molecule has 1 heterocycles. The summed E-state index contributed by atoms with van der Waals surface area (Å²) in [5.41, 5.74) is 0. The van der Waals surface area contributed by atoms with E-state index in [4.69, 9.17) is 4.42 Å². The van der Waals surface area contributed by atoms with Gasteiger partial charge in [-0.05, 0) is 36.3 Å². The molecule has 128 valence electrons. The van der Waals surface area contributed by atoms with E-state index >= 15 is 0 Å². The Balaban J connectivity index is 1.99. The molecule has 0 aliphatic heterocycles. The van der Waals surface area contributed by atoms with Crippen LogP contribution >= 0.6 is 0 Å². The normalized spacial score (nSPS) is 25.9. The number of hydrogen-bond acceptors (Lipinski definition) is 3. The van der Waals surface area contributed by atoms with Crippen LogP contribution < -0.4 is 10.6 Å². The highest BCUT2D eigenvalue weighted by Crippen LogP contribution is 2.29. The average molecular weight is 320 g/mol. The molecule has 23 heavy (non-hydrogen) atoms. The van der Waals surface area contributed by atoms with Gasteiger partial charge in [-0.2, -0.15) is 0 Å². The molecule has 1 fully saturated rings. The summed E-state index contributed by atoms with van der Waals surface area (Å²) in [4.78, 5) is 24.8. The molecule has 0 radical (unpaired) electrons. The van der Waals surface area contributed by atoms with Crippen molar-refractivity contribution in [2.45, 2.75) is 59.0 Å². The molecule has 2 rings (SSSR count). The SMILES string of the molecule is CC(C)C(NC(=O)c1ccco1)C(=O)NC1CCCC(C)C1C. The van der Waals surface area contributed by atoms with E-state index in [-0.39, 0.29) is 29.5 Å². The van der Waals surface area contributed by atoms with Gasteiger partial charge in [0.05, 0.1) is 6.26 Å². The van der Waals surface area contributed by atoms with Gasteiger partial charge in [-0.15, -0.1) is 0 Å². The molecule has 4 unspecified atom stereocenters. The summed E-state index contributed by atoms with van der Waals surface area (Å²) < 4.78 is 5.09. The van der Waals surface area contributed by atoms with Crippen LogP contribution in [0.3, 0.4) is 0 Å². The number of nitrogens with one attached hydrogen (secondary N) is 2. The Morgan fingerprint density at radius 2 is 2.00 bits per heavy atom. The molecule has 1 aliphatic rings. The first kappa shape index (κ1) is 17.6. The third-order valence-corrected chi connectivity index (χ3v) is 5.02. The van der Waals surface area contributed by atoms with Gasteiger partial charge in [0.2, 0.25) is 5.91 Å². The Morgan fingerprint density at radius 3 is 2.61 bits per heavy atom. The van der Waals surface area contributed by atoms with Crippen LogP contribution in [0.25, 0.3) is 0 Å². The first-order valence-corrected chi connectivity index (χ1v) is 8.55. The van der Waals surface area contributed by atoms with E-state index in [0.29, 0.717) is 11.8 Å². The summed E-state index contributed by atoms with van der Waals surface area (Å²) in [7, 11) is 0. The number of carbonyl (C=O) groups is 2. The van der Waals surface area contributed by atoms with Crippen molar-refractivity contribution in [1.29, 1.82) is 0 Å². The van der Waals surface area contributed by atoms with Gasteiger partial charge in [-0.1, -0.05) is 40.5 Å². The fraction of sp³-hybridized carbons (Fsp3) is 0.667. The standard InChI is InChI=1S/C18H28N2O3/c1-11(2)16(20-17(21)15-9-6-10-23-15)18(22)19-14-8-5-7-12(3)13(14)4/h6,9-14,16H,5,7-8H2,1-4H3,(H,19,22)(H,20,21). The lowest BCUT2D eigenvalue weighted by molar-refractivity contribution is -0.125. The first-order valence-electron chi connectivity index (χ1n) is 8.55. The molecule has 1 saturated carbocycles. The third-order valence-electron chi connectivity index (χ3n) is 5.02. The fourth-order valence-electron chi connectivity index (χ4n) is 3.21. The molecule has 1 aromatic rings. The van der Waals surface area contributed by atoms with Gasteiger partial charge in [0.1, 0.15) is 6.04 Å². The van der Waals surface area contributed by atoms with Crippen molar-refractivity contribution in [2.75, 3.05) is 0 Å². The quantitative estimate of drug-likeness (QED) is 0.876. The average Bonchev–Trinajstić information content (AvgIpc) is 3.03. The van der Waals surface area contributed by atoms with Crippen molar-refractivity contribution in [3.8, 4) is 0 Å². The van der Waals surface area contributed by atoms with Crippen LogP contribution in [0.5, 0.6) is 0 Å². The Morgan fingerprint density at radius 1 is 1.26 bits per heavy atom. The smallest absolute Gasteiger partial charge is 0.287 e. The van der Waals surface area contributed by atoms with Gasteiger partial charge in [0.25, 0.3) is 5.91 Å². The second-order valence-electron chi connectivity index (χ2n) is 7.05. The maximum absolute atomic E-state index is 12.7. The van der Waals surface area contributed by atoms with E-state index in [1.165, 1.54) is 12.7 Å². The number of rotatable bonds is 5. The molecule has 1 aromatic heterocycles. The summed E-state index contributed by atoms with van der Waals surface area (Å²) in [5, 5.41) is 5.94. The van der Waals surface area contributed by atoms with Gasteiger partial charge in [-0.3, -0.25) is 9.59 Å². The van der Waals surface area contributed by atoms with E-state index in [1.54, 1.807) is 12.1 Å². The summed E-state index contributed by atoms with van der Waals surface area (Å²) in [5.74, 6) is 0.846. The van der Waals surface area contributed by atoms with Gasteiger partial charge < -0.3 is 15.1 Å². The minimum atomic E-state index is -0.558. The van der Waals surface area contributed by atoms with E-state index in [9.17, 15) is 9.59 Å². The fourth-order valence-corrected chi connectivity index (χ4v) is 3.21. The predicted molar refractivity (Wildman–Crippen MR) is 88.9 cm³/mol. The van der Waals surface area contributed by atoms with E-state index in [0.717, 1.165) is 12.8 Å². The Kier molecular flexibility index (Phi) is 5.85. The zero-order valence-electron chi connectivity index (χ0n) is 14.5. The molecule has 0 spiro atoms. The molecule has 0 bridgehead atoms. The summed E-state index contributed by atoms with van der Waals surface area (Å²) >= 11 is 0. The lowest BCUT2D eigenvalue weighted by Gasteiger charge is -2.35. The van der Waals surface area contributed by atoms with Crippen molar-refractivity contribution < 1.29 is 14.0 Å². The molecule has 2 N–H and O–H groups in total. The van der Waals surface area contributed by atoms with Crippen LogP contribution in [0, 0.1) is 17.8 Å². The zero-order valence-corrected chi connectivity index (χ0v) is 14.5. The van der Waals surface area contributed by atoms with E-state index in [2.05, 4.69) is 24.5 Å². The van der Waals surface area contributed by atoms with Crippen LogP contribution in [0.15, 0.2) is 22.8 Å². The molecule has 1 aliphatic carbocycles. The predicted octanol–water partition coefficient (Wildman–Crippen LogP) is 2.97. The van der Waals surface area contributed by atoms with Crippen LogP contribution in [0.2, 0.25) is 0 Å². The summed E-state index contributed by atoms with van der Waals surface area (Å²) in [6.07, 6.45) is 4.82. The van der Waals surface area contributed by atoms with Crippen LogP contribution in [-0.4, -0.2) is 23.9 Å². The highest BCUT2D eigenvalue weighted by atomic mass is 16.3. The monoisotopic (exact) mass is 320 g/mol. The molecule has 2 amide bonds. The largest absolute Gasteiger partial charge is 0.459 e. The number of hydrogen-bond donors (Lipinski definition) is 2. The minimum Gasteiger partial charge on any atom is -0.459 e. The number of carbonyl (C=O) groups excluding carboxylic acids is 2. The highest BCUT2D eigenvalue weighted by Gasteiger charge is 2.32. The van der Waals surface area contributed by atoms with E-state index in [1.807, 2.05) is 13.8 Å². The number of furan rings is 1. The van der Waals surface area contributed by atoms with Crippen LogP contribution in [-0.2, 0) is 4.79 Å². The van der Waals surface area contributed by atoms with Crippen molar-refractivity contribution >= 4 is 11.8 Å². The molecular formula is C18H28N2O3. The summed E-state index contributed by atoms with van der Waals surface area (Å²) in [6, 6.07) is 2.88. The second-order valence-corrected chi connectivity index (χ2v) is 7.05. The molecular weight excluding hydrogens is 292 g/mol. The van der Waals surface area contributed by atoms with Crippen LogP contribution in [0.1, 0.15) is 57.5 Å². The molecule has 0 saturated heterocycles. The Hall–Kier alpha value is -1.78. The van der Waals surface area contributed by atoms with Gasteiger partial charge in [-0.25, -0.2) is 0 Å². The zero-order chi connectivity index (χ0) is 17.0. The molecule has 5 heteroatoms. The molecule has 4 atom stereocenters. The maximum atomic E-state index is 12.7. The van der Waals surface area contributed by atoms with Gasteiger partial charge in [0, 0.05) is 6.04 Å². The Bertz CT molecular complexity index is 524. The van der Waals surface area contributed by atoms with Crippen molar-refractivity contribution in [3.05, 3.63) is 24.2 Å². The van der Waals surface area contributed by atoms with Gasteiger partial charge >= 0.3 is 0 Å². The minimum absolute atomic E-state index is 0.00484. The van der Waals surface area contributed by atoms with Gasteiger partial charge in [0.15, 0.2) is 5.76 Å². The lowest BCUT2D eigenvalue weighted by atomic mass is 9.78. The highest BCUT2D eigenvalue weighted by molar-refractivity contribution is 5.95. The number of amides is 2. The molecule has 5 nitrogen and oxygen atoms in total. The maximum Gasteiger partial charge on any atom is 0.287 e. The second kappa shape index (κ2) is 7.66. The van der Waals surface area contributed by atoms with Crippen molar-refractivity contribution in [3.63, 3.8) is 0 Å². The lowest BCUT2D eigenvalue weighted by Crippen LogP contribution is -2.54. The van der Waals surface area contributed by atoms with Crippen LogP contribution in [0.4, 0.5) is 0 Å². The summed E-state index contributed by atoms with van der Waals surface area (Å²) in [6.45, 7) is 8.29.